The van der Waals surface area contributed by atoms with Gasteiger partial charge < -0.3 is 29.4 Å². The van der Waals surface area contributed by atoms with E-state index in [0.717, 1.165) is 5.56 Å². The van der Waals surface area contributed by atoms with Crippen molar-refractivity contribution in [1.29, 1.82) is 0 Å². The minimum atomic E-state index is -0.536. The van der Waals surface area contributed by atoms with E-state index in [4.69, 9.17) is 24.0 Å². The van der Waals surface area contributed by atoms with Gasteiger partial charge in [-0.3, -0.25) is 14.4 Å². The van der Waals surface area contributed by atoms with Crippen molar-refractivity contribution in [1.82, 2.24) is 35.3 Å². The zero-order chi connectivity index (χ0) is 31.2. The maximum atomic E-state index is 13.5. The van der Waals surface area contributed by atoms with Gasteiger partial charge in [-0.2, -0.15) is 5.10 Å². The van der Waals surface area contributed by atoms with Gasteiger partial charge in [0, 0.05) is 24.2 Å². The largest absolute Gasteiger partial charge is 0.493 e. The van der Waals surface area contributed by atoms with Crippen LogP contribution >= 0.6 is 0 Å². The van der Waals surface area contributed by atoms with Gasteiger partial charge in [-0.15, -0.1) is 0 Å². The van der Waals surface area contributed by atoms with E-state index in [1.54, 1.807) is 29.8 Å². The first-order valence-electron chi connectivity index (χ1n) is 14.3. The fourth-order valence-electron chi connectivity index (χ4n) is 4.87. The minimum Gasteiger partial charge on any atom is -0.493 e. The summed E-state index contributed by atoms with van der Waals surface area (Å²) in [4.78, 5) is 50.2. The highest BCUT2D eigenvalue weighted by Crippen LogP contribution is 2.29. The van der Waals surface area contributed by atoms with Gasteiger partial charge in [-0.1, -0.05) is 44.2 Å². The molecule has 2 aromatic carbocycles. The van der Waals surface area contributed by atoms with E-state index in [1.807, 2.05) is 44.2 Å². The van der Waals surface area contributed by atoms with E-state index in [2.05, 4.69) is 15.6 Å². The Labute approximate surface area is 254 Å². The molecule has 44 heavy (non-hydrogen) atoms. The Morgan fingerprint density at radius 2 is 1.89 bits per heavy atom. The molecule has 2 N–H and O–H groups in total. The third-order valence-electron chi connectivity index (χ3n) is 7.22. The third kappa shape index (κ3) is 6.72. The van der Waals surface area contributed by atoms with Crippen LogP contribution in [0.4, 0.5) is 0 Å². The Kier molecular flexibility index (Phi) is 9.22. The Bertz CT molecular complexity index is 1630. The number of rotatable bonds is 4. The van der Waals surface area contributed by atoms with E-state index in [0.29, 0.717) is 41.0 Å². The number of carbonyl (C=O) groups is 3. The van der Waals surface area contributed by atoms with Gasteiger partial charge in [0.2, 0.25) is 5.91 Å². The molecule has 13 nitrogen and oxygen atoms in total. The maximum absolute atomic E-state index is 13.5. The van der Waals surface area contributed by atoms with Crippen molar-refractivity contribution in [2.24, 2.45) is 5.92 Å². The summed E-state index contributed by atoms with van der Waals surface area (Å²) in [6.45, 7) is 5.89. The maximum Gasteiger partial charge on any atom is 0.276 e. The number of hydrogen-bond donors (Lipinski definition) is 2. The number of oxazole rings is 1. The second kappa shape index (κ2) is 13.4. The fraction of sp³-hybridized carbons (Fsp3) is 0.355. The SMILES string of the molecule is COc1ccc2cc1OCCn1nc(-c3ccccc3)nc1[C@@H](C(C)C)NC(=O)CN(C(=O)c1ncoc1C)CCNC2=O. The summed E-state index contributed by atoms with van der Waals surface area (Å²) in [7, 11) is 1.52. The fourth-order valence-corrected chi connectivity index (χ4v) is 4.87. The van der Waals surface area contributed by atoms with Crippen molar-refractivity contribution in [2.75, 3.05) is 33.4 Å². The van der Waals surface area contributed by atoms with Crippen LogP contribution in [0.15, 0.2) is 59.3 Å². The molecule has 230 valence electrons. The van der Waals surface area contributed by atoms with E-state index >= 15 is 0 Å². The zero-order valence-electron chi connectivity index (χ0n) is 25.1. The van der Waals surface area contributed by atoms with Gasteiger partial charge in [0.1, 0.15) is 12.4 Å². The number of nitrogens with zero attached hydrogens (tertiary/aromatic N) is 5. The van der Waals surface area contributed by atoms with Crippen molar-refractivity contribution >= 4 is 17.7 Å². The second-order valence-electron chi connectivity index (χ2n) is 10.6. The van der Waals surface area contributed by atoms with Crippen LogP contribution in [0.25, 0.3) is 11.4 Å². The van der Waals surface area contributed by atoms with Crippen LogP contribution in [-0.2, 0) is 11.3 Å². The van der Waals surface area contributed by atoms with Crippen LogP contribution in [0.2, 0.25) is 0 Å². The summed E-state index contributed by atoms with van der Waals surface area (Å²) in [5, 5.41) is 10.6. The van der Waals surface area contributed by atoms with E-state index in [1.165, 1.54) is 18.4 Å². The van der Waals surface area contributed by atoms with Gasteiger partial charge in [-0.05, 0) is 31.0 Å². The lowest BCUT2D eigenvalue weighted by atomic mass is 10.0. The number of fused-ring (bicyclic) bond motifs is 3. The van der Waals surface area contributed by atoms with Crippen LogP contribution in [0.5, 0.6) is 11.5 Å². The number of ether oxygens (including phenoxy) is 2. The number of aryl methyl sites for hydroxylation is 1. The molecule has 1 aliphatic heterocycles. The van der Waals surface area contributed by atoms with Crippen molar-refractivity contribution < 1.29 is 28.3 Å². The molecule has 3 amide bonds. The molecule has 0 unspecified atom stereocenters. The molecule has 5 rings (SSSR count). The normalized spacial score (nSPS) is 16.4. The lowest BCUT2D eigenvalue weighted by Crippen LogP contribution is -2.46. The summed E-state index contributed by atoms with van der Waals surface area (Å²) in [6.07, 6.45) is 1.18. The predicted octanol–water partition coefficient (Wildman–Crippen LogP) is 3.03. The molecule has 2 bridgehead atoms. The lowest BCUT2D eigenvalue weighted by Gasteiger charge is -2.25. The average Bonchev–Trinajstić information content (AvgIpc) is 3.65. The number of aromatic nitrogens is 4. The first-order chi connectivity index (χ1) is 21.2. The molecule has 0 saturated carbocycles. The Morgan fingerprint density at radius 1 is 1.09 bits per heavy atom. The minimum absolute atomic E-state index is 0.0461. The number of methoxy groups -OCH3 is 1. The van der Waals surface area contributed by atoms with E-state index < -0.39 is 17.9 Å². The first kappa shape index (κ1) is 30.3. The molecule has 0 saturated heterocycles. The van der Waals surface area contributed by atoms with Crippen LogP contribution in [0.3, 0.4) is 0 Å². The summed E-state index contributed by atoms with van der Waals surface area (Å²) in [6, 6.07) is 13.9. The first-order valence-corrected chi connectivity index (χ1v) is 14.3. The number of benzene rings is 2. The molecule has 0 spiro atoms. The second-order valence-corrected chi connectivity index (χ2v) is 10.6. The Hall–Kier alpha value is -5.20. The smallest absolute Gasteiger partial charge is 0.276 e. The van der Waals surface area contributed by atoms with Crippen LogP contribution < -0.4 is 20.1 Å². The highest BCUT2D eigenvalue weighted by Gasteiger charge is 2.29. The van der Waals surface area contributed by atoms with Crippen molar-refractivity contribution in [3.8, 4) is 22.9 Å². The molecule has 1 atom stereocenters. The number of carbonyl (C=O) groups excluding carboxylic acids is 3. The van der Waals surface area contributed by atoms with E-state index in [9.17, 15) is 14.4 Å². The monoisotopic (exact) mass is 601 g/mol. The van der Waals surface area contributed by atoms with Gasteiger partial charge in [-0.25, -0.2) is 14.6 Å². The van der Waals surface area contributed by atoms with Gasteiger partial charge in [0.15, 0.2) is 35.2 Å². The number of nitrogens with one attached hydrogen (secondary N) is 2. The molecule has 0 radical (unpaired) electrons. The summed E-state index contributed by atoms with van der Waals surface area (Å²) in [5.41, 5.74) is 1.27. The standard InChI is InChI=1S/C31H35N7O6/c1-19(2)26-29-35-28(21-8-6-5-7-9-21)36-38(29)14-15-43-24-16-22(10-11-23(24)42-4)30(40)32-12-13-37(17-25(39)34-26)31(41)27-20(3)44-18-33-27/h5-11,16,18-19,26H,12-15,17H2,1-4H3,(H,32,40)(H,34,39)/t26-/m1/s1. The topological polar surface area (TPSA) is 154 Å². The van der Waals surface area contributed by atoms with Crippen molar-refractivity contribution in [3.63, 3.8) is 0 Å². The number of amides is 3. The average molecular weight is 602 g/mol. The number of hydrogen-bond acceptors (Lipinski definition) is 9. The Morgan fingerprint density at radius 3 is 2.59 bits per heavy atom. The molecular weight excluding hydrogens is 566 g/mol. The Balaban J connectivity index is 1.53. The molecule has 1 aliphatic rings. The quantitative estimate of drug-likeness (QED) is 0.359. The third-order valence-corrected chi connectivity index (χ3v) is 7.22. The van der Waals surface area contributed by atoms with Crippen molar-refractivity contribution in [3.05, 3.63) is 77.8 Å². The van der Waals surface area contributed by atoms with Crippen molar-refractivity contribution in [2.45, 2.75) is 33.4 Å². The van der Waals surface area contributed by atoms with Gasteiger partial charge >= 0.3 is 0 Å². The van der Waals surface area contributed by atoms with Crippen LogP contribution in [0.1, 0.15) is 52.3 Å². The zero-order valence-corrected chi connectivity index (χ0v) is 25.1. The predicted molar refractivity (Wildman–Crippen MR) is 159 cm³/mol. The van der Waals surface area contributed by atoms with Crippen LogP contribution in [0, 0.1) is 12.8 Å². The van der Waals surface area contributed by atoms with E-state index in [-0.39, 0.29) is 43.8 Å². The molecule has 13 heteroatoms. The summed E-state index contributed by atoms with van der Waals surface area (Å²) >= 11 is 0. The summed E-state index contributed by atoms with van der Waals surface area (Å²) < 4.78 is 18.5. The van der Waals surface area contributed by atoms with Gasteiger partial charge in [0.05, 0.1) is 26.2 Å². The molecule has 2 aromatic heterocycles. The summed E-state index contributed by atoms with van der Waals surface area (Å²) in [5.74, 6) is 0.889. The molecule has 0 aliphatic carbocycles. The molecule has 3 heterocycles. The lowest BCUT2D eigenvalue weighted by molar-refractivity contribution is -0.123. The molecule has 4 aromatic rings. The molecular formula is C31H35N7O6. The van der Waals surface area contributed by atoms with Gasteiger partial charge in [0.25, 0.3) is 11.8 Å². The molecule has 0 fully saturated rings. The highest BCUT2D eigenvalue weighted by atomic mass is 16.5. The highest BCUT2D eigenvalue weighted by molar-refractivity contribution is 5.96. The van der Waals surface area contributed by atoms with Crippen LogP contribution in [-0.4, -0.2) is 75.7 Å².